The van der Waals surface area contributed by atoms with Crippen LogP contribution in [0, 0.1) is 11.7 Å². The van der Waals surface area contributed by atoms with Gasteiger partial charge in [-0.15, -0.1) is 0 Å². The molecule has 0 fully saturated rings. The molecule has 1 aromatic rings. The van der Waals surface area contributed by atoms with Crippen LogP contribution in [0.2, 0.25) is 5.02 Å². The van der Waals surface area contributed by atoms with E-state index in [9.17, 15) is 13.4 Å². The molecule has 0 aromatic heterocycles. The molecule has 0 amide bonds. The number of carbonyl (C=O) groups is 1. The lowest BCUT2D eigenvalue weighted by Crippen LogP contribution is -2.20. The van der Waals surface area contributed by atoms with Gasteiger partial charge in [0.15, 0.2) is 0 Å². The SMILES string of the molecule is CCOC(=O)C(C)CS(=O)c1ccc(F)c(Cl)c1. The fourth-order valence-electron chi connectivity index (χ4n) is 1.29. The number of esters is 1. The zero-order valence-electron chi connectivity index (χ0n) is 10.1. The Hall–Kier alpha value is -0.940. The minimum atomic E-state index is -1.41. The van der Waals surface area contributed by atoms with Crippen LogP contribution < -0.4 is 0 Å². The van der Waals surface area contributed by atoms with E-state index in [1.807, 2.05) is 0 Å². The lowest BCUT2D eigenvalue weighted by molar-refractivity contribution is -0.146. The van der Waals surface area contributed by atoms with Crippen molar-refractivity contribution in [2.45, 2.75) is 18.7 Å². The van der Waals surface area contributed by atoms with Gasteiger partial charge >= 0.3 is 5.97 Å². The number of rotatable bonds is 5. The quantitative estimate of drug-likeness (QED) is 0.784. The highest BCUT2D eigenvalue weighted by Gasteiger charge is 2.18. The van der Waals surface area contributed by atoms with Crippen LogP contribution >= 0.6 is 11.6 Å². The average Bonchev–Trinajstić information content (AvgIpc) is 2.32. The Labute approximate surface area is 113 Å². The second-order valence-electron chi connectivity index (χ2n) is 3.74. The van der Waals surface area contributed by atoms with Crippen molar-refractivity contribution in [1.82, 2.24) is 0 Å². The molecule has 3 nitrogen and oxygen atoms in total. The maximum atomic E-state index is 12.9. The Morgan fingerprint density at radius 1 is 1.56 bits per heavy atom. The standard InChI is InChI=1S/C12H14ClFO3S/c1-3-17-12(15)8(2)7-18(16)9-4-5-11(14)10(13)6-9/h4-6,8H,3,7H2,1-2H3. The summed E-state index contributed by atoms with van der Waals surface area (Å²) in [5.74, 6) is -1.30. The van der Waals surface area contributed by atoms with Crippen molar-refractivity contribution in [3.8, 4) is 0 Å². The van der Waals surface area contributed by atoms with Crippen molar-refractivity contribution in [2.24, 2.45) is 5.92 Å². The molecule has 2 unspecified atom stereocenters. The number of benzene rings is 1. The van der Waals surface area contributed by atoms with Crippen molar-refractivity contribution in [3.63, 3.8) is 0 Å². The van der Waals surface area contributed by atoms with E-state index in [1.165, 1.54) is 12.1 Å². The number of ether oxygens (including phenoxy) is 1. The van der Waals surface area contributed by atoms with Gasteiger partial charge in [0.1, 0.15) is 5.82 Å². The lowest BCUT2D eigenvalue weighted by atomic mass is 10.2. The van der Waals surface area contributed by atoms with Gasteiger partial charge in [0, 0.05) is 10.6 Å². The van der Waals surface area contributed by atoms with E-state index in [1.54, 1.807) is 13.8 Å². The summed E-state index contributed by atoms with van der Waals surface area (Å²) in [6, 6.07) is 3.87. The normalized spacial score (nSPS) is 14.0. The first-order valence-electron chi connectivity index (χ1n) is 5.45. The second-order valence-corrected chi connectivity index (χ2v) is 5.64. The van der Waals surface area contributed by atoms with Gasteiger partial charge < -0.3 is 4.74 Å². The van der Waals surface area contributed by atoms with Crippen LogP contribution in [0.4, 0.5) is 4.39 Å². The molecule has 0 heterocycles. The van der Waals surface area contributed by atoms with E-state index in [0.29, 0.717) is 4.90 Å². The third-order valence-corrected chi connectivity index (χ3v) is 4.12. The first-order valence-corrected chi connectivity index (χ1v) is 7.15. The molecule has 0 spiro atoms. The molecule has 100 valence electrons. The molecule has 0 aliphatic heterocycles. The van der Waals surface area contributed by atoms with E-state index in [0.717, 1.165) is 6.07 Å². The number of hydrogen-bond donors (Lipinski definition) is 0. The van der Waals surface area contributed by atoms with Crippen molar-refractivity contribution < 1.29 is 18.1 Å². The molecule has 0 aliphatic carbocycles. The van der Waals surface area contributed by atoms with Crippen LogP contribution in [0.3, 0.4) is 0 Å². The molecule has 0 radical (unpaired) electrons. The first-order chi connectivity index (χ1) is 8.45. The van der Waals surface area contributed by atoms with Gasteiger partial charge in [-0.2, -0.15) is 0 Å². The average molecular weight is 293 g/mol. The second kappa shape index (κ2) is 6.85. The van der Waals surface area contributed by atoms with Crippen LogP contribution in [0.15, 0.2) is 23.1 Å². The van der Waals surface area contributed by atoms with Gasteiger partial charge in [-0.25, -0.2) is 4.39 Å². The highest BCUT2D eigenvalue weighted by atomic mass is 35.5. The number of hydrogen-bond acceptors (Lipinski definition) is 3. The van der Waals surface area contributed by atoms with Crippen LogP contribution in [0.25, 0.3) is 0 Å². The van der Waals surface area contributed by atoms with Gasteiger partial charge in [-0.1, -0.05) is 18.5 Å². The summed E-state index contributed by atoms with van der Waals surface area (Å²) in [5, 5.41) is -0.0790. The third-order valence-electron chi connectivity index (χ3n) is 2.24. The van der Waals surface area contributed by atoms with Crippen LogP contribution in [-0.4, -0.2) is 22.5 Å². The largest absolute Gasteiger partial charge is 0.466 e. The van der Waals surface area contributed by atoms with Gasteiger partial charge in [0.25, 0.3) is 0 Å². The van der Waals surface area contributed by atoms with Crippen LogP contribution in [0.1, 0.15) is 13.8 Å². The summed E-state index contributed by atoms with van der Waals surface area (Å²) in [6.45, 7) is 3.64. The zero-order valence-corrected chi connectivity index (χ0v) is 11.7. The van der Waals surface area contributed by atoms with E-state index >= 15 is 0 Å². The molecule has 6 heteroatoms. The summed E-state index contributed by atoms with van der Waals surface area (Å²) in [5.41, 5.74) is 0. The summed E-state index contributed by atoms with van der Waals surface area (Å²) < 4.78 is 29.7. The highest BCUT2D eigenvalue weighted by Crippen LogP contribution is 2.19. The molecule has 1 aromatic carbocycles. The van der Waals surface area contributed by atoms with E-state index in [2.05, 4.69) is 0 Å². The molecule has 0 bridgehead atoms. The fraction of sp³-hybridized carbons (Fsp3) is 0.417. The topological polar surface area (TPSA) is 43.4 Å². The molecule has 0 N–H and O–H groups in total. The molecular weight excluding hydrogens is 279 g/mol. The molecule has 2 atom stereocenters. The molecular formula is C12H14ClFO3S. The Bertz CT molecular complexity index is 465. The van der Waals surface area contributed by atoms with Gasteiger partial charge in [-0.05, 0) is 25.1 Å². The summed E-state index contributed by atoms with van der Waals surface area (Å²) in [7, 11) is -1.41. The van der Waals surface area contributed by atoms with Crippen LogP contribution in [-0.2, 0) is 20.3 Å². The molecule has 1 rings (SSSR count). The summed E-state index contributed by atoms with van der Waals surface area (Å²) in [6.07, 6.45) is 0. The molecule has 18 heavy (non-hydrogen) atoms. The van der Waals surface area contributed by atoms with E-state index in [4.69, 9.17) is 16.3 Å². The van der Waals surface area contributed by atoms with Gasteiger partial charge in [-0.3, -0.25) is 9.00 Å². The zero-order chi connectivity index (χ0) is 13.7. The van der Waals surface area contributed by atoms with Crippen molar-refractivity contribution in [1.29, 1.82) is 0 Å². The highest BCUT2D eigenvalue weighted by molar-refractivity contribution is 7.85. The van der Waals surface area contributed by atoms with Crippen molar-refractivity contribution in [3.05, 3.63) is 29.0 Å². The minimum absolute atomic E-state index is 0.0790. The monoisotopic (exact) mass is 292 g/mol. The summed E-state index contributed by atoms with van der Waals surface area (Å²) in [4.78, 5) is 11.8. The third kappa shape index (κ3) is 4.07. The van der Waals surface area contributed by atoms with Gasteiger partial charge in [0.2, 0.25) is 0 Å². The lowest BCUT2D eigenvalue weighted by Gasteiger charge is -2.10. The molecule has 0 aliphatic rings. The molecule has 0 saturated carbocycles. The van der Waals surface area contributed by atoms with Crippen molar-refractivity contribution >= 4 is 28.4 Å². The Balaban J connectivity index is 2.70. The van der Waals surface area contributed by atoms with E-state index < -0.39 is 22.5 Å². The maximum Gasteiger partial charge on any atom is 0.309 e. The molecule has 0 saturated heterocycles. The maximum absolute atomic E-state index is 12.9. The predicted octanol–water partition coefficient (Wildman–Crippen LogP) is 2.79. The fourth-order valence-corrected chi connectivity index (χ4v) is 2.79. The van der Waals surface area contributed by atoms with Gasteiger partial charge in [0.05, 0.1) is 28.3 Å². The Morgan fingerprint density at radius 3 is 2.78 bits per heavy atom. The summed E-state index contributed by atoms with van der Waals surface area (Å²) >= 11 is 5.61. The number of carbonyl (C=O) groups excluding carboxylic acids is 1. The first kappa shape index (κ1) is 15.1. The minimum Gasteiger partial charge on any atom is -0.466 e. The smallest absolute Gasteiger partial charge is 0.309 e. The number of halogens is 2. The Kier molecular flexibility index (Phi) is 5.75. The van der Waals surface area contributed by atoms with Crippen molar-refractivity contribution in [2.75, 3.05) is 12.4 Å². The Morgan fingerprint density at radius 2 is 2.22 bits per heavy atom. The van der Waals surface area contributed by atoms with E-state index in [-0.39, 0.29) is 23.4 Å². The van der Waals surface area contributed by atoms with Crippen LogP contribution in [0.5, 0.6) is 0 Å². The predicted molar refractivity (Wildman–Crippen MR) is 68.5 cm³/mol.